The minimum atomic E-state index is -0.642. The molecule has 0 spiro atoms. The maximum Gasteiger partial charge on any atom is 0.126 e. The predicted octanol–water partition coefficient (Wildman–Crippen LogP) is 6.05. The largest absolute Gasteiger partial charge is 0.508 e. The molecular formula is C28H40O5S. The molecule has 5 nitrogen and oxygen atoms in total. The minimum absolute atomic E-state index is 0.0690. The zero-order valence-corrected chi connectivity index (χ0v) is 21.4. The quantitative estimate of drug-likeness (QED) is 0.317. The van der Waals surface area contributed by atoms with E-state index in [9.17, 15) is 14.4 Å². The molecule has 0 saturated carbocycles. The molecule has 3 rings (SSSR count). The zero-order chi connectivity index (χ0) is 24.4. The van der Waals surface area contributed by atoms with Crippen molar-refractivity contribution in [1.29, 1.82) is 0 Å². The summed E-state index contributed by atoms with van der Waals surface area (Å²) in [4.78, 5) is 0. The van der Waals surface area contributed by atoms with Crippen molar-refractivity contribution in [2.45, 2.75) is 70.1 Å². The van der Waals surface area contributed by atoms with Gasteiger partial charge in [-0.1, -0.05) is 57.7 Å². The SMILES string of the molecule is CCCCS(=O)CCCCCCCOC[C@@H]1c2ccc(O)cc2OC[C@]1(C)c1ccc(O)cc1. The average molecular weight is 489 g/mol. The summed E-state index contributed by atoms with van der Waals surface area (Å²) in [5, 5.41) is 19.6. The van der Waals surface area contributed by atoms with Gasteiger partial charge in [-0.2, -0.15) is 0 Å². The van der Waals surface area contributed by atoms with Crippen LogP contribution < -0.4 is 4.74 Å². The van der Waals surface area contributed by atoms with E-state index in [2.05, 4.69) is 13.8 Å². The summed E-state index contributed by atoms with van der Waals surface area (Å²) in [5.41, 5.74) is 1.81. The fourth-order valence-electron chi connectivity index (χ4n) is 4.61. The summed E-state index contributed by atoms with van der Waals surface area (Å²) in [6.07, 6.45) is 7.65. The molecular weight excluding hydrogens is 448 g/mol. The third kappa shape index (κ3) is 7.22. The third-order valence-corrected chi connectivity index (χ3v) is 8.35. The second-order valence-corrected chi connectivity index (χ2v) is 11.3. The molecule has 0 fully saturated rings. The van der Waals surface area contributed by atoms with Crippen molar-refractivity contribution in [3.05, 3.63) is 53.6 Å². The van der Waals surface area contributed by atoms with Gasteiger partial charge in [-0.05, 0) is 43.0 Å². The van der Waals surface area contributed by atoms with Crippen LogP contribution in [0.1, 0.15) is 75.8 Å². The number of rotatable bonds is 14. The van der Waals surface area contributed by atoms with Gasteiger partial charge in [-0.25, -0.2) is 0 Å². The number of ether oxygens (including phenoxy) is 2. The first-order valence-corrected chi connectivity index (χ1v) is 14.1. The molecule has 1 unspecified atom stereocenters. The molecule has 2 aromatic carbocycles. The van der Waals surface area contributed by atoms with Crippen LogP contribution >= 0.6 is 0 Å². The van der Waals surface area contributed by atoms with Crippen molar-refractivity contribution in [3.63, 3.8) is 0 Å². The lowest BCUT2D eigenvalue weighted by Gasteiger charge is -2.42. The second-order valence-electron chi connectivity index (χ2n) is 9.57. The Bertz CT molecular complexity index is 914. The first-order valence-electron chi connectivity index (χ1n) is 12.6. The van der Waals surface area contributed by atoms with Crippen LogP contribution in [0, 0.1) is 0 Å². The maximum atomic E-state index is 11.9. The maximum absolute atomic E-state index is 11.9. The second kappa shape index (κ2) is 13.1. The van der Waals surface area contributed by atoms with Gasteiger partial charge in [-0.3, -0.25) is 4.21 Å². The molecule has 6 heteroatoms. The highest BCUT2D eigenvalue weighted by Gasteiger charge is 2.42. The van der Waals surface area contributed by atoms with E-state index in [4.69, 9.17) is 9.47 Å². The molecule has 1 heterocycles. The van der Waals surface area contributed by atoms with Crippen molar-refractivity contribution in [1.82, 2.24) is 0 Å². The molecule has 2 N–H and O–H groups in total. The topological polar surface area (TPSA) is 76.0 Å². The van der Waals surface area contributed by atoms with Crippen molar-refractivity contribution in [2.24, 2.45) is 0 Å². The number of phenolic OH excluding ortho intramolecular Hbond substituents is 2. The fourth-order valence-corrected chi connectivity index (χ4v) is 5.95. The number of unbranched alkanes of at least 4 members (excludes halogenated alkanes) is 5. The Labute approximate surface area is 207 Å². The molecule has 2 aromatic rings. The van der Waals surface area contributed by atoms with Gasteiger partial charge in [0, 0.05) is 51.9 Å². The monoisotopic (exact) mass is 488 g/mol. The Hall–Kier alpha value is -2.05. The predicted molar refractivity (Wildman–Crippen MR) is 138 cm³/mol. The van der Waals surface area contributed by atoms with Crippen LogP contribution in [0.15, 0.2) is 42.5 Å². The van der Waals surface area contributed by atoms with E-state index in [0.717, 1.165) is 67.6 Å². The summed E-state index contributed by atoms with van der Waals surface area (Å²) in [7, 11) is -0.642. The number of fused-ring (bicyclic) bond motifs is 1. The van der Waals surface area contributed by atoms with E-state index in [1.54, 1.807) is 24.3 Å². The summed E-state index contributed by atoms with van der Waals surface area (Å²) >= 11 is 0. The molecule has 34 heavy (non-hydrogen) atoms. The Morgan fingerprint density at radius 2 is 1.65 bits per heavy atom. The van der Waals surface area contributed by atoms with Gasteiger partial charge in [0.2, 0.25) is 0 Å². The smallest absolute Gasteiger partial charge is 0.126 e. The number of benzene rings is 2. The van der Waals surface area contributed by atoms with Crippen LogP contribution in [-0.2, 0) is 21.0 Å². The van der Waals surface area contributed by atoms with Gasteiger partial charge in [0.1, 0.15) is 17.2 Å². The van der Waals surface area contributed by atoms with Gasteiger partial charge < -0.3 is 19.7 Å². The zero-order valence-electron chi connectivity index (χ0n) is 20.6. The average Bonchev–Trinajstić information content (AvgIpc) is 2.83. The summed E-state index contributed by atoms with van der Waals surface area (Å²) in [5.74, 6) is 2.91. The Morgan fingerprint density at radius 1 is 0.971 bits per heavy atom. The van der Waals surface area contributed by atoms with Crippen LogP contribution in [0.3, 0.4) is 0 Å². The van der Waals surface area contributed by atoms with Gasteiger partial charge in [0.15, 0.2) is 0 Å². The molecule has 1 aliphatic heterocycles. The minimum Gasteiger partial charge on any atom is -0.508 e. The molecule has 0 bridgehead atoms. The first kappa shape index (κ1) is 26.6. The lowest BCUT2D eigenvalue weighted by Crippen LogP contribution is -2.42. The van der Waals surface area contributed by atoms with Crippen LogP contribution in [-0.4, -0.2) is 45.7 Å². The molecule has 0 amide bonds. The molecule has 0 saturated heterocycles. The normalized spacial score (nSPS) is 20.5. The summed E-state index contributed by atoms with van der Waals surface area (Å²) < 4.78 is 24.1. The highest BCUT2D eigenvalue weighted by molar-refractivity contribution is 7.84. The highest BCUT2D eigenvalue weighted by atomic mass is 32.2. The standard InChI is InChI=1S/C28H40O5S/c1-3-4-17-34(31)18-9-7-5-6-8-16-32-20-26-25-15-14-24(30)19-27(25)33-21-28(26,2)22-10-12-23(29)13-11-22/h10-15,19,26,29-30H,3-9,16-18,20-21H2,1-2H3/t26-,28-,34?/m1/s1. The van der Waals surface area contributed by atoms with Gasteiger partial charge >= 0.3 is 0 Å². The fraction of sp³-hybridized carbons (Fsp3) is 0.571. The Kier molecular flexibility index (Phi) is 10.3. The molecule has 188 valence electrons. The summed E-state index contributed by atoms with van der Waals surface area (Å²) in [6.45, 7) is 6.06. The van der Waals surface area contributed by atoms with Crippen molar-refractivity contribution >= 4 is 10.8 Å². The van der Waals surface area contributed by atoms with E-state index in [1.807, 2.05) is 18.2 Å². The van der Waals surface area contributed by atoms with Crippen LogP contribution in [0.2, 0.25) is 0 Å². The van der Waals surface area contributed by atoms with Crippen LogP contribution in [0.25, 0.3) is 0 Å². The molecule has 3 atom stereocenters. The highest BCUT2D eigenvalue weighted by Crippen LogP contribution is 2.47. The summed E-state index contributed by atoms with van der Waals surface area (Å²) in [6, 6.07) is 12.6. The van der Waals surface area contributed by atoms with Crippen molar-refractivity contribution in [2.75, 3.05) is 31.3 Å². The third-order valence-electron chi connectivity index (χ3n) is 6.87. The van der Waals surface area contributed by atoms with Gasteiger partial charge in [0.25, 0.3) is 0 Å². The van der Waals surface area contributed by atoms with E-state index in [-0.39, 0.29) is 22.8 Å². The molecule has 0 aliphatic carbocycles. The van der Waals surface area contributed by atoms with E-state index in [1.165, 1.54) is 0 Å². The number of phenols is 2. The molecule has 0 aromatic heterocycles. The van der Waals surface area contributed by atoms with E-state index < -0.39 is 10.8 Å². The Morgan fingerprint density at radius 3 is 2.41 bits per heavy atom. The molecule has 1 aliphatic rings. The lowest BCUT2D eigenvalue weighted by atomic mass is 9.68. The lowest BCUT2D eigenvalue weighted by molar-refractivity contribution is 0.0678. The number of aromatic hydroxyl groups is 2. The van der Waals surface area contributed by atoms with E-state index >= 15 is 0 Å². The number of hydrogen-bond donors (Lipinski definition) is 2. The van der Waals surface area contributed by atoms with Crippen LogP contribution in [0.4, 0.5) is 0 Å². The van der Waals surface area contributed by atoms with Crippen molar-refractivity contribution in [3.8, 4) is 17.2 Å². The molecule has 0 radical (unpaired) electrons. The Balaban J connectivity index is 1.50. The van der Waals surface area contributed by atoms with Gasteiger partial charge in [0.05, 0.1) is 13.2 Å². The van der Waals surface area contributed by atoms with E-state index in [0.29, 0.717) is 25.6 Å². The van der Waals surface area contributed by atoms with Crippen LogP contribution in [0.5, 0.6) is 17.2 Å². The van der Waals surface area contributed by atoms with Gasteiger partial charge in [-0.15, -0.1) is 0 Å². The number of hydrogen-bond acceptors (Lipinski definition) is 5. The van der Waals surface area contributed by atoms with Crippen molar-refractivity contribution < 1.29 is 23.9 Å². The first-order chi connectivity index (χ1) is 16.4.